The smallest absolute Gasteiger partial charge is 0.227 e. The summed E-state index contributed by atoms with van der Waals surface area (Å²) in [5.41, 5.74) is 6.06. The van der Waals surface area contributed by atoms with Crippen LogP contribution in [-0.4, -0.2) is 26.4 Å². The topological polar surface area (TPSA) is 83.0 Å². The summed E-state index contributed by atoms with van der Waals surface area (Å²) in [7, 11) is 1.82. The highest BCUT2D eigenvalue weighted by molar-refractivity contribution is 7.99. The number of aryl methyl sites for hydroxylation is 1. The number of thioether (sulfide) groups is 1. The number of ether oxygens (including phenoxy) is 1. The highest BCUT2D eigenvalue weighted by atomic mass is 35.5. The molecule has 0 saturated heterocycles. The van der Waals surface area contributed by atoms with Crippen LogP contribution in [0.4, 0.5) is 0 Å². The molecule has 6 nitrogen and oxygen atoms in total. The summed E-state index contributed by atoms with van der Waals surface area (Å²) in [5.74, 6) is 1.19. The van der Waals surface area contributed by atoms with E-state index in [0.29, 0.717) is 16.0 Å². The van der Waals surface area contributed by atoms with E-state index in [4.69, 9.17) is 22.1 Å². The number of primary amides is 1. The lowest BCUT2D eigenvalue weighted by Gasteiger charge is -2.09. The second kappa shape index (κ2) is 6.82. The molecule has 1 heterocycles. The summed E-state index contributed by atoms with van der Waals surface area (Å²) in [5, 5.41) is 9.34. The second-order valence-electron chi connectivity index (χ2n) is 4.41. The Morgan fingerprint density at radius 1 is 1.48 bits per heavy atom. The van der Waals surface area contributed by atoms with Crippen molar-refractivity contribution >= 4 is 29.3 Å². The van der Waals surface area contributed by atoms with E-state index in [1.807, 2.05) is 26.1 Å². The van der Waals surface area contributed by atoms with Crippen LogP contribution in [0.25, 0.3) is 0 Å². The SMILES string of the molecule is Cc1cc(Cl)ccc1OCc1nnc(SCC(N)=O)n1C. The third-order valence-corrected chi connectivity index (χ3v) is 4.04. The molecule has 2 rings (SSSR count). The van der Waals surface area contributed by atoms with E-state index >= 15 is 0 Å². The number of carbonyl (C=O) groups is 1. The van der Waals surface area contributed by atoms with Crippen molar-refractivity contribution in [2.75, 3.05) is 5.75 Å². The van der Waals surface area contributed by atoms with Crippen LogP contribution in [0.2, 0.25) is 5.02 Å². The first-order chi connectivity index (χ1) is 9.97. The fourth-order valence-electron chi connectivity index (χ4n) is 1.65. The Morgan fingerprint density at radius 2 is 2.24 bits per heavy atom. The van der Waals surface area contributed by atoms with Crippen LogP contribution in [0.3, 0.4) is 0 Å². The predicted octanol–water partition coefficient (Wildman–Crippen LogP) is 1.93. The minimum absolute atomic E-state index is 0.170. The number of nitrogens with two attached hydrogens (primary N) is 1. The van der Waals surface area contributed by atoms with Crippen molar-refractivity contribution in [3.05, 3.63) is 34.6 Å². The number of hydrogen-bond donors (Lipinski definition) is 1. The van der Waals surface area contributed by atoms with Gasteiger partial charge < -0.3 is 15.0 Å². The van der Waals surface area contributed by atoms with Gasteiger partial charge in [0.1, 0.15) is 12.4 Å². The average Bonchev–Trinajstić information content (AvgIpc) is 2.76. The van der Waals surface area contributed by atoms with Gasteiger partial charge in [0.25, 0.3) is 0 Å². The molecule has 21 heavy (non-hydrogen) atoms. The van der Waals surface area contributed by atoms with Crippen molar-refractivity contribution in [2.45, 2.75) is 18.7 Å². The van der Waals surface area contributed by atoms with Gasteiger partial charge in [-0.1, -0.05) is 23.4 Å². The highest BCUT2D eigenvalue weighted by Gasteiger charge is 2.11. The van der Waals surface area contributed by atoms with Gasteiger partial charge in [-0.25, -0.2) is 0 Å². The number of halogens is 1. The van der Waals surface area contributed by atoms with Crippen LogP contribution in [0.1, 0.15) is 11.4 Å². The summed E-state index contributed by atoms with van der Waals surface area (Å²) >= 11 is 7.15. The third kappa shape index (κ3) is 4.12. The largest absolute Gasteiger partial charge is 0.485 e. The van der Waals surface area contributed by atoms with E-state index in [9.17, 15) is 4.79 Å². The summed E-state index contributed by atoms with van der Waals surface area (Å²) in [6.45, 7) is 2.20. The molecular weight excluding hydrogens is 312 g/mol. The summed E-state index contributed by atoms with van der Waals surface area (Å²) in [6.07, 6.45) is 0. The Bertz CT molecular complexity index is 660. The maximum Gasteiger partial charge on any atom is 0.227 e. The summed E-state index contributed by atoms with van der Waals surface area (Å²) < 4.78 is 7.49. The van der Waals surface area contributed by atoms with Crippen molar-refractivity contribution < 1.29 is 9.53 Å². The van der Waals surface area contributed by atoms with Gasteiger partial charge in [0.2, 0.25) is 5.91 Å². The van der Waals surface area contributed by atoms with Gasteiger partial charge in [-0.3, -0.25) is 4.79 Å². The first-order valence-electron chi connectivity index (χ1n) is 6.15. The number of amides is 1. The molecule has 2 aromatic rings. The fourth-order valence-corrected chi connectivity index (χ4v) is 2.54. The van der Waals surface area contributed by atoms with E-state index in [-0.39, 0.29) is 12.4 Å². The molecule has 0 fully saturated rings. The van der Waals surface area contributed by atoms with E-state index in [1.54, 1.807) is 10.6 Å². The second-order valence-corrected chi connectivity index (χ2v) is 5.79. The Balaban J connectivity index is 2.02. The molecule has 0 spiro atoms. The molecule has 0 aliphatic carbocycles. The maximum absolute atomic E-state index is 10.8. The first kappa shape index (κ1) is 15.7. The number of rotatable bonds is 6. The highest BCUT2D eigenvalue weighted by Crippen LogP contribution is 2.23. The number of benzene rings is 1. The van der Waals surface area contributed by atoms with Crippen LogP contribution >= 0.6 is 23.4 Å². The van der Waals surface area contributed by atoms with Crippen LogP contribution in [0, 0.1) is 6.92 Å². The minimum Gasteiger partial charge on any atom is -0.485 e. The van der Waals surface area contributed by atoms with Gasteiger partial charge in [0.15, 0.2) is 11.0 Å². The van der Waals surface area contributed by atoms with Gasteiger partial charge in [-0.05, 0) is 30.7 Å². The number of nitrogens with zero attached hydrogens (tertiary/aromatic N) is 3. The van der Waals surface area contributed by atoms with Crippen LogP contribution in [-0.2, 0) is 18.4 Å². The third-order valence-electron chi connectivity index (χ3n) is 2.76. The van der Waals surface area contributed by atoms with E-state index in [2.05, 4.69) is 10.2 Å². The molecule has 8 heteroatoms. The molecule has 0 atom stereocenters. The average molecular weight is 327 g/mol. The zero-order chi connectivity index (χ0) is 15.4. The van der Waals surface area contributed by atoms with Gasteiger partial charge in [0.05, 0.1) is 5.75 Å². The number of hydrogen-bond acceptors (Lipinski definition) is 5. The standard InChI is InChI=1S/C13H15ClN4O2S/c1-8-5-9(14)3-4-10(8)20-6-12-16-17-13(18(12)2)21-7-11(15)19/h3-5H,6-7H2,1-2H3,(H2,15,19). The van der Waals surface area contributed by atoms with Crippen LogP contribution in [0.5, 0.6) is 5.75 Å². The van der Waals surface area contributed by atoms with E-state index < -0.39 is 5.91 Å². The number of carbonyl (C=O) groups excluding carboxylic acids is 1. The van der Waals surface area contributed by atoms with Gasteiger partial charge >= 0.3 is 0 Å². The molecule has 1 aromatic heterocycles. The van der Waals surface area contributed by atoms with Crippen LogP contribution < -0.4 is 10.5 Å². The van der Waals surface area contributed by atoms with Gasteiger partial charge in [-0.2, -0.15) is 0 Å². The van der Waals surface area contributed by atoms with Crippen molar-refractivity contribution in [1.82, 2.24) is 14.8 Å². The lowest BCUT2D eigenvalue weighted by atomic mass is 10.2. The Morgan fingerprint density at radius 3 is 2.90 bits per heavy atom. The predicted molar refractivity (Wildman–Crippen MR) is 81.4 cm³/mol. The van der Waals surface area contributed by atoms with Gasteiger partial charge in [-0.15, -0.1) is 10.2 Å². The molecule has 1 amide bonds. The molecule has 2 N–H and O–H groups in total. The normalized spacial score (nSPS) is 10.6. The zero-order valence-electron chi connectivity index (χ0n) is 11.7. The first-order valence-corrected chi connectivity index (χ1v) is 7.52. The Labute approximate surface area is 131 Å². The van der Waals surface area contributed by atoms with E-state index in [0.717, 1.165) is 11.3 Å². The van der Waals surface area contributed by atoms with Crippen molar-refractivity contribution in [1.29, 1.82) is 0 Å². The molecule has 0 radical (unpaired) electrons. The molecular formula is C13H15ClN4O2S. The molecule has 0 aliphatic heterocycles. The van der Waals surface area contributed by atoms with Gasteiger partial charge in [0, 0.05) is 12.1 Å². The molecule has 0 unspecified atom stereocenters. The molecule has 1 aromatic carbocycles. The molecule has 0 saturated carbocycles. The summed E-state index contributed by atoms with van der Waals surface area (Å²) in [4.78, 5) is 10.8. The molecule has 0 aliphatic rings. The summed E-state index contributed by atoms with van der Waals surface area (Å²) in [6, 6.07) is 5.42. The lowest BCUT2D eigenvalue weighted by Crippen LogP contribution is -2.13. The van der Waals surface area contributed by atoms with Crippen molar-refractivity contribution in [3.8, 4) is 5.75 Å². The number of aromatic nitrogens is 3. The molecule has 112 valence electrons. The maximum atomic E-state index is 10.8. The lowest BCUT2D eigenvalue weighted by molar-refractivity contribution is -0.115. The monoisotopic (exact) mass is 326 g/mol. The molecule has 0 bridgehead atoms. The van der Waals surface area contributed by atoms with Crippen molar-refractivity contribution in [2.24, 2.45) is 12.8 Å². The fraction of sp³-hybridized carbons (Fsp3) is 0.308. The minimum atomic E-state index is -0.391. The van der Waals surface area contributed by atoms with Crippen LogP contribution in [0.15, 0.2) is 23.4 Å². The quantitative estimate of drug-likeness (QED) is 0.820. The Hall–Kier alpha value is -1.73. The zero-order valence-corrected chi connectivity index (χ0v) is 13.2. The van der Waals surface area contributed by atoms with E-state index in [1.165, 1.54) is 11.8 Å². The Kier molecular flexibility index (Phi) is 5.08. The van der Waals surface area contributed by atoms with Crippen molar-refractivity contribution in [3.63, 3.8) is 0 Å².